The van der Waals surface area contributed by atoms with E-state index in [9.17, 15) is 27.2 Å². The van der Waals surface area contributed by atoms with Crippen molar-refractivity contribution in [3.8, 4) is 11.5 Å². The molecule has 0 spiro atoms. The molecule has 7 nitrogen and oxygen atoms in total. The van der Waals surface area contributed by atoms with E-state index in [1.54, 1.807) is 0 Å². The van der Waals surface area contributed by atoms with Gasteiger partial charge < -0.3 is 25.4 Å². The molecule has 0 saturated carbocycles. The zero-order valence-electron chi connectivity index (χ0n) is 19.3. The average Bonchev–Trinajstić information content (AvgIpc) is 2.82. The van der Waals surface area contributed by atoms with Crippen molar-refractivity contribution < 1.29 is 36.6 Å². The minimum absolute atomic E-state index is 0.0676. The first kappa shape index (κ1) is 28.5. The molecule has 2 unspecified atom stereocenters. The first-order valence-corrected chi connectivity index (χ1v) is 11.8. The summed E-state index contributed by atoms with van der Waals surface area (Å²) in [5.41, 5.74) is 0.683. The predicted molar refractivity (Wildman–Crippen MR) is 129 cm³/mol. The summed E-state index contributed by atoms with van der Waals surface area (Å²) in [5, 5.41) is 7.78. The van der Waals surface area contributed by atoms with E-state index in [0.717, 1.165) is 6.07 Å². The summed E-state index contributed by atoms with van der Waals surface area (Å²) < 4.78 is 62.6. The summed E-state index contributed by atoms with van der Waals surface area (Å²) in [6.45, 7) is 2.23. The third-order valence-corrected chi connectivity index (χ3v) is 5.76. The Morgan fingerprint density at radius 1 is 1.16 bits per heavy atom. The van der Waals surface area contributed by atoms with E-state index in [4.69, 9.17) is 32.7 Å². The first-order valence-electron chi connectivity index (χ1n) is 11.0. The van der Waals surface area contributed by atoms with Crippen molar-refractivity contribution in [2.45, 2.75) is 31.2 Å². The van der Waals surface area contributed by atoms with Crippen molar-refractivity contribution in [1.29, 1.82) is 0 Å². The third-order valence-electron chi connectivity index (χ3n) is 5.22. The molecule has 0 saturated heterocycles. The Kier molecular flexibility index (Phi) is 9.63. The van der Waals surface area contributed by atoms with E-state index in [0.29, 0.717) is 10.6 Å². The van der Waals surface area contributed by atoms with Gasteiger partial charge in [0.1, 0.15) is 17.3 Å². The number of halogens is 6. The molecule has 0 aliphatic carbocycles. The Morgan fingerprint density at radius 2 is 1.92 bits per heavy atom. The molecule has 13 heteroatoms. The predicted octanol–water partition coefficient (Wildman–Crippen LogP) is 4.69. The molecule has 1 heterocycles. The summed E-state index contributed by atoms with van der Waals surface area (Å²) in [6.07, 6.45) is -5.42. The molecule has 2 aromatic rings. The Bertz CT molecular complexity index is 1160. The summed E-state index contributed by atoms with van der Waals surface area (Å²) in [7, 11) is 0. The van der Waals surface area contributed by atoms with Crippen LogP contribution in [-0.4, -0.2) is 43.8 Å². The van der Waals surface area contributed by atoms with E-state index in [-0.39, 0.29) is 48.2 Å². The van der Waals surface area contributed by atoms with Crippen LogP contribution in [-0.2, 0) is 9.59 Å². The molecule has 3 N–H and O–H groups in total. The summed E-state index contributed by atoms with van der Waals surface area (Å²) in [4.78, 5) is 24.7. The van der Waals surface area contributed by atoms with Gasteiger partial charge in [0, 0.05) is 47.8 Å². The fourth-order valence-corrected chi connectivity index (χ4v) is 3.77. The Morgan fingerprint density at radius 3 is 2.62 bits per heavy atom. The van der Waals surface area contributed by atoms with Gasteiger partial charge in [-0.3, -0.25) is 9.59 Å². The van der Waals surface area contributed by atoms with E-state index in [1.165, 1.54) is 30.3 Å². The standard InChI is InChI=1S/C24H23Cl2F4N3O4/c1-13(6-7-31-22(34)11-36-15-3-4-17(26)18(27)9-15)33-23(35)21-10-19(32-12-24(28,29)30)16-8-14(25)2-5-20(16)37-21/h2-5,8-9,19,21,32H,1,6-7,10-12H2,(H,31,34)(H,33,35). The molecule has 2 aromatic carbocycles. The number of benzene rings is 2. The molecule has 0 bridgehead atoms. The van der Waals surface area contributed by atoms with Crippen LogP contribution in [0.4, 0.5) is 17.6 Å². The molecule has 0 fully saturated rings. The maximum Gasteiger partial charge on any atom is 0.401 e. The molecule has 0 aromatic heterocycles. The number of hydrogen-bond acceptors (Lipinski definition) is 5. The number of carbonyl (C=O) groups excluding carboxylic acids is 2. The SMILES string of the molecule is C=C(CCNC(=O)COc1ccc(Cl)c(F)c1)NC(=O)C1CC(NCC(F)(F)F)c2cc(Cl)ccc2O1. The highest BCUT2D eigenvalue weighted by atomic mass is 35.5. The van der Waals surface area contributed by atoms with Crippen molar-refractivity contribution in [1.82, 2.24) is 16.0 Å². The number of amides is 2. The monoisotopic (exact) mass is 563 g/mol. The summed E-state index contributed by atoms with van der Waals surface area (Å²) in [6, 6.07) is 7.45. The molecule has 1 aliphatic heterocycles. The molecule has 200 valence electrons. The average molecular weight is 564 g/mol. The van der Waals surface area contributed by atoms with Crippen LogP contribution >= 0.6 is 23.2 Å². The number of carbonyl (C=O) groups is 2. The fraction of sp³-hybridized carbons (Fsp3) is 0.333. The maximum atomic E-state index is 13.4. The summed E-state index contributed by atoms with van der Waals surface area (Å²) >= 11 is 11.6. The van der Waals surface area contributed by atoms with Gasteiger partial charge in [0.05, 0.1) is 11.6 Å². The van der Waals surface area contributed by atoms with Gasteiger partial charge in [0.25, 0.3) is 11.8 Å². The number of alkyl halides is 3. The van der Waals surface area contributed by atoms with E-state index in [1.807, 2.05) is 0 Å². The number of ether oxygens (including phenoxy) is 2. The lowest BCUT2D eigenvalue weighted by molar-refractivity contribution is -0.130. The van der Waals surface area contributed by atoms with Crippen molar-refractivity contribution >= 4 is 35.0 Å². The Hall–Kier alpha value is -3.02. The van der Waals surface area contributed by atoms with Gasteiger partial charge in [0.2, 0.25) is 0 Å². The lowest BCUT2D eigenvalue weighted by atomic mass is 9.96. The molecule has 2 atom stereocenters. The van der Waals surface area contributed by atoms with E-state index < -0.39 is 42.5 Å². The van der Waals surface area contributed by atoms with E-state index >= 15 is 0 Å². The minimum atomic E-state index is -4.44. The molecule has 0 radical (unpaired) electrons. The van der Waals surface area contributed by atoms with Crippen molar-refractivity contribution in [2.75, 3.05) is 19.7 Å². The highest BCUT2D eigenvalue weighted by Crippen LogP contribution is 2.37. The highest BCUT2D eigenvalue weighted by molar-refractivity contribution is 6.31. The van der Waals surface area contributed by atoms with Crippen LogP contribution in [0.1, 0.15) is 24.4 Å². The number of hydrogen-bond donors (Lipinski definition) is 3. The normalized spacial score (nSPS) is 16.8. The number of rotatable bonds is 10. The molecule has 2 amide bonds. The van der Waals surface area contributed by atoms with Crippen molar-refractivity contribution in [3.63, 3.8) is 0 Å². The van der Waals surface area contributed by atoms with Crippen LogP contribution < -0.4 is 25.4 Å². The number of fused-ring (bicyclic) bond motifs is 1. The quantitative estimate of drug-likeness (QED) is 0.365. The highest BCUT2D eigenvalue weighted by Gasteiger charge is 2.36. The molecule has 37 heavy (non-hydrogen) atoms. The lowest BCUT2D eigenvalue weighted by Crippen LogP contribution is -2.44. The van der Waals surface area contributed by atoms with Gasteiger partial charge >= 0.3 is 6.18 Å². The molecular weight excluding hydrogens is 541 g/mol. The topological polar surface area (TPSA) is 88.7 Å². The third kappa shape index (κ3) is 8.80. The second-order valence-electron chi connectivity index (χ2n) is 8.13. The van der Waals surface area contributed by atoms with Gasteiger partial charge in [-0.25, -0.2) is 4.39 Å². The molecule has 1 aliphatic rings. The Labute approximate surface area is 220 Å². The summed E-state index contributed by atoms with van der Waals surface area (Å²) in [5.74, 6) is -1.38. The van der Waals surface area contributed by atoms with Crippen LogP contribution in [0.25, 0.3) is 0 Å². The van der Waals surface area contributed by atoms with Gasteiger partial charge in [0.15, 0.2) is 12.7 Å². The van der Waals surface area contributed by atoms with Gasteiger partial charge in [-0.05, 0) is 30.3 Å². The second kappa shape index (κ2) is 12.5. The van der Waals surface area contributed by atoms with Gasteiger partial charge in [-0.1, -0.05) is 29.8 Å². The molecule has 3 rings (SSSR count). The Balaban J connectivity index is 1.46. The minimum Gasteiger partial charge on any atom is -0.484 e. The lowest BCUT2D eigenvalue weighted by Gasteiger charge is -2.32. The van der Waals surface area contributed by atoms with Gasteiger partial charge in [-0.15, -0.1) is 0 Å². The number of nitrogens with one attached hydrogen (secondary N) is 3. The van der Waals surface area contributed by atoms with Crippen molar-refractivity contribution in [3.05, 3.63) is 70.1 Å². The van der Waals surface area contributed by atoms with Crippen molar-refractivity contribution in [2.24, 2.45) is 0 Å². The fourth-order valence-electron chi connectivity index (χ4n) is 3.47. The second-order valence-corrected chi connectivity index (χ2v) is 8.97. The van der Waals surface area contributed by atoms with Crippen LogP contribution in [0.3, 0.4) is 0 Å². The van der Waals surface area contributed by atoms with Gasteiger partial charge in [-0.2, -0.15) is 13.2 Å². The van der Waals surface area contributed by atoms with Crippen LogP contribution in [0.15, 0.2) is 48.7 Å². The largest absolute Gasteiger partial charge is 0.484 e. The zero-order valence-corrected chi connectivity index (χ0v) is 20.8. The molecular formula is C24H23Cl2F4N3O4. The zero-order chi connectivity index (χ0) is 27.2. The maximum absolute atomic E-state index is 13.4. The van der Waals surface area contributed by atoms with Crippen LogP contribution in [0.2, 0.25) is 10.0 Å². The first-order chi connectivity index (χ1) is 17.4. The smallest absolute Gasteiger partial charge is 0.401 e. The van der Waals surface area contributed by atoms with Crippen LogP contribution in [0, 0.1) is 5.82 Å². The van der Waals surface area contributed by atoms with Crippen LogP contribution in [0.5, 0.6) is 11.5 Å². The van der Waals surface area contributed by atoms with E-state index in [2.05, 4.69) is 22.5 Å².